The van der Waals surface area contributed by atoms with Gasteiger partial charge in [0.15, 0.2) is 5.16 Å². The fourth-order valence-electron chi connectivity index (χ4n) is 2.45. The third kappa shape index (κ3) is 4.29. The molecule has 3 aromatic rings. The van der Waals surface area contributed by atoms with E-state index in [9.17, 15) is 4.79 Å². The Morgan fingerprint density at radius 3 is 2.92 bits per heavy atom. The number of carbonyl (C=O) groups excluding carboxylic acids is 1. The van der Waals surface area contributed by atoms with Crippen LogP contribution in [0, 0.1) is 13.8 Å². The molecule has 0 atom stereocenters. The highest BCUT2D eigenvalue weighted by atomic mass is 32.2. The molecule has 0 aliphatic heterocycles. The van der Waals surface area contributed by atoms with Gasteiger partial charge in [0, 0.05) is 13.6 Å². The van der Waals surface area contributed by atoms with Crippen LogP contribution in [-0.4, -0.2) is 38.4 Å². The van der Waals surface area contributed by atoms with Crippen LogP contribution in [0.1, 0.15) is 16.7 Å². The first-order chi connectivity index (χ1) is 12.0. The lowest BCUT2D eigenvalue weighted by atomic mass is 10.1. The van der Waals surface area contributed by atoms with Crippen LogP contribution in [0.3, 0.4) is 0 Å². The zero-order chi connectivity index (χ0) is 17.8. The Bertz CT molecular complexity index is 858. The van der Waals surface area contributed by atoms with E-state index >= 15 is 0 Å². The van der Waals surface area contributed by atoms with Crippen LogP contribution in [-0.2, 0) is 11.3 Å². The highest BCUT2D eigenvalue weighted by molar-refractivity contribution is 7.99. The van der Waals surface area contributed by atoms with Crippen molar-refractivity contribution in [2.45, 2.75) is 25.5 Å². The summed E-state index contributed by atoms with van der Waals surface area (Å²) in [6, 6.07) is 8.31. The largest absolute Gasteiger partial charge is 0.341 e. The molecular weight excluding hydrogens is 352 g/mol. The summed E-state index contributed by atoms with van der Waals surface area (Å²) in [5.74, 6) is 0.413. The first-order valence-electron chi connectivity index (χ1n) is 7.90. The summed E-state index contributed by atoms with van der Waals surface area (Å²) in [5, 5.41) is 13.0. The van der Waals surface area contributed by atoms with Gasteiger partial charge in [-0.3, -0.25) is 9.36 Å². The van der Waals surface area contributed by atoms with Gasteiger partial charge in [-0.25, -0.2) is 0 Å². The Hall–Kier alpha value is -2.12. The number of hydrogen-bond donors (Lipinski definition) is 0. The summed E-state index contributed by atoms with van der Waals surface area (Å²) in [5.41, 5.74) is 4.53. The third-order valence-electron chi connectivity index (χ3n) is 3.89. The minimum atomic E-state index is 0.0757. The zero-order valence-electron chi connectivity index (χ0n) is 14.5. The SMILES string of the molecule is Cc1ccc(C)c(-n2cnnc2SCC(=O)N(C)Cc2ccsc2)c1. The fourth-order valence-corrected chi connectivity index (χ4v) is 3.97. The summed E-state index contributed by atoms with van der Waals surface area (Å²) in [6.45, 7) is 4.75. The van der Waals surface area contributed by atoms with Crippen molar-refractivity contribution in [2.24, 2.45) is 0 Å². The maximum absolute atomic E-state index is 12.4. The van der Waals surface area contributed by atoms with Crippen molar-refractivity contribution in [1.29, 1.82) is 0 Å². The number of hydrogen-bond acceptors (Lipinski definition) is 5. The van der Waals surface area contributed by atoms with Crippen LogP contribution in [0.5, 0.6) is 0 Å². The molecule has 1 aromatic carbocycles. The van der Waals surface area contributed by atoms with E-state index in [1.54, 1.807) is 22.6 Å². The van der Waals surface area contributed by atoms with Gasteiger partial charge >= 0.3 is 0 Å². The summed E-state index contributed by atoms with van der Waals surface area (Å²) in [7, 11) is 1.83. The summed E-state index contributed by atoms with van der Waals surface area (Å²) in [6.07, 6.45) is 1.70. The monoisotopic (exact) mass is 372 g/mol. The molecule has 0 saturated heterocycles. The standard InChI is InChI=1S/C18H20N4OS2/c1-13-4-5-14(2)16(8-13)22-12-19-20-18(22)25-11-17(23)21(3)9-15-6-7-24-10-15/h4-8,10,12H,9,11H2,1-3H3. The lowest BCUT2D eigenvalue weighted by molar-refractivity contribution is -0.127. The number of amides is 1. The Labute approximate surface area is 155 Å². The number of benzene rings is 1. The molecule has 0 saturated carbocycles. The number of rotatable bonds is 6. The maximum Gasteiger partial charge on any atom is 0.233 e. The number of carbonyl (C=O) groups is 1. The Morgan fingerprint density at radius 1 is 1.32 bits per heavy atom. The second kappa shape index (κ2) is 7.84. The van der Waals surface area contributed by atoms with Gasteiger partial charge in [0.2, 0.25) is 5.91 Å². The van der Waals surface area contributed by atoms with E-state index in [0.717, 1.165) is 22.0 Å². The van der Waals surface area contributed by atoms with Gasteiger partial charge in [-0.15, -0.1) is 10.2 Å². The first-order valence-corrected chi connectivity index (χ1v) is 9.83. The summed E-state index contributed by atoms with van der Waals surface area (Å²) < 4.78 is 1.94. The summed E-state index contributed by atoms with van der Waals surface area (Å²) in [4.78, 5) is 14.1. The smallest absolute Gasteiger partial charge is 0.233 e. The number of aryl methyl sites for hydroxylation is 2. The molecule has 3 rings (SSSR count). The van der Waals surface area contributed by atoms with Gasteiger partial charge in [0.1, 0.15) is 6.33 Å². The van der Waals surface area contributed by atoms with Gasteiger partial charge in [-0.1, -0.05) is 23.9 Å². The molecule has 0 bridgehead atoms. The molecule has 1 amide bonds. The second-order valence-electron chi connectivity index (χ2n) is 5.94. The van der Waals surface area contributed by atoms with Crippen LogP contribution in [0.15, 0.2) is 46.5 Å². The predicted molar refractivity (Wildman–Crippen MR) is 102 cm³/mol. The molecule has 25 heavy (non-hydrogen) atoms. The van der Waals surface area contributed by atoms with Gasteiger partial charge in [-0.05, 0) is 53.4 Å². The minimum Gasteiger partial charge on any atom is -0.341 e. The fraction of sp³-hybridized carbons (Fsp3) is 0.278. The van der Waals surface area contributed by atoms with Gasteiger partial charge in [-0.2, -0.15) is 11.3 Å². The molecule has 0 aliphatic rings. The van der Waals surface area contributed by atoms with Crippen LogP contribution in [0.25, 0.3) is 5.69 Å². The number of thioether (sulfide) groups is 1. The van der Waals surface area contributed by atoms with Crippen molar-refractivity contribution >= 4 is 29.0 Å². The lowest BCUT2D eigenvalue weighted by Gasteiger charge is -2.16. The molecule has 0 unspecified atom stereocenters. The van der Waals surface area contributed by atoms with E-state index in [1.165, 1.54) is 17.3 Å². The van der Waals surface area contributed by atoms with Gasteiger partial charge in [0.05, 0.1) is 11.4 Å². The normalized spacial score (nSPS) is 10.8. The molecule has 5 nitrogen and oxygen atoms in total. The molecule has 0 N–H and O–H groups in total. The van der Waals surface area contributed by atoms with E-state index in [4.69, 9.17) is 0 Å². The lowest BCUT2D eigenvalue weighted by Crippen LogP contribution is -2.27. The minimum absolute atomic E-state index is 0.0757. The van der Waals surface area contributed by atoms with E-state index in [0.29, 0.717) is 12.3 Å². The van der Waals surface area contributed by atoms with Gasteiger partial charge < -0.3 is 4.90 Å². The number of thiophene rings is 1. The molecule has 0 spiro atoms. The highest BCUT2D eigenvalue weighted by Gasteiger charge is 2.14. The molecule has 2 heterocycles. The van der Waals surface area contributed by atoms with E-state index in [-0.39, 0.29) is 5.91 Å². The van der Waals surface area contributed by atoms with Crippen LogP contribution >= 0.6 is 23.1 Å². The van der Waals surface area contributed by atoms with Crippen molar-refractivity contribution < 1.29 is 4.79 Å². The third-order valence-corrected chi connectivity index (χ3v) is 5.55. The molecular formula is C18H20N4OS2. The van der Waals surface area contributed by atoms with Crippen molar-refractivity contribution in [3.05, 3.63) is 58.0 Å². The van der Waals surface area contributed by atoms with Crippen molar-refractivity contribution in [3.63, 3.8) is 0 Å². The van der Waals surface area contributed by atoms with Crippen LogP contribution < -0.4 is 0 Å². The zero-order valence-corrected chi connectivity index (χ0v) is 16.1. The van der Waals surface area contributed by atoms with E-state index in [1.807, 2.05) is 23.1 Å². The summed E-state index contributed by atoms with van der Waals surface area (Å²) >= 11 is 3.05. The quantitative estimate of drug-likeness (QED) is 0.619. The average Bonchev–Trinajstić information content (AvgIpc) is 3.26. The number of nitrogens with zero attached hydrogens (tertiary/aromatic N) is 4. The van der Waals surface area contributed by atoms with E-state index in [2.05, 4.69) is 47.6 Å². The number of aromatic nitrogens is 3. The molecule has 0 fully saturated rings. The van der Waals surface area contributed by atoms with E-state index < -0.39 is 0 Å². The second-order valence-corrected chi connectivity index (χ2v) is 7.67. The molecule has 130 valence electrons. The first kappa shape index (κ1) is 17.7. The van der Waals surface area contributed by atoms with Gasteiger partial charge in [0.25, 0.3) is 0 Å². The Kier molecular flexibility index (Phi) is 5.55. The maximum atomic E-state index is 12.4. The highest BCUT2D eigenvalue weighted by Crippen LogP contribution is 2.23. The predicted octanol–water partition coefficient (Wildman–Crippen LogP) is 3.70. The molecule has 0 aliphatic carbocycles. The average molecular weight is 373 g/mol. The van der Waals surface area contributed by atoms with Crippen LogP contribution in [0.2, 0.25) is 0 Å². The molecule has 7 heteroatoms. The Balaban J connectivity index is 1.67. The van der Waals surface area contributed by atoms with Crippen molar-refractivity contribution in [1.82, 2.24) is 19.7 Å². The molecule has 2 aromatic heterocycles. The Morgan fingerprint density at radius 2 is 2.16 bits per heavy atom. The van der Waals surface area contributed by atoms with Crippen LogP contribution in [0.4, 0.5) is 0 Å². The van der Waals surface area contributed by atoms with Crippen molar-refractivity contribution in [3.8, 4) is 5.69 Å². The topological polar surface area (TPSA) is 51.0 Å². The van der Waals surface area contributed by atoms with Crippen molar-refractivity contribution in [2.75, 3.05) is 12.8 Å². The molecule has 0 radical (unpaired) electrons.